The molecule has 0 spiro atoms. The molecule has 0 aromatic carbocycles. The van der Waals surface area contributed by atoms with Crippen LogP contribution in [0.15, 0.2) is 36.0 Å². The summed E-state index contributed by atoms with van der Waals surface area (Å²) in [7, 11) is -1.67. The predicted octanol–water partition coefficient (Wildman–Crippen LogP) is 5.04. The fourth-order valence-corrected chi connectivity index (χ4v) is 4.28. The summed E-state index contributed by atoms with van der Waals surface area (Å²) in [5.41, 5.74) is 1.58. The van der Waals surface area contributed by atoms with Crippen molar-refractivity contribution in [1.29, 1.82) is 0 Å². The summed E-state index contributed by atoms with van der Waals surface area (Å²) >= 11 is 0. The van der Waals surface area contributed by atoms with Crippen molar-refractivity contribution in [1.82, 2.24) is 0 Å². The Morgan fingerprint density at radius 3 is 2.38 bits per heavy atom. The van der Waals surface area contributed by atoms with Crippen molar-refractivity contribution >= 4 is 14.1 Å². The van der Waals surface area contributed by atoms with Gasteiger partial charge in [-0.05, 0) is 56.5 Å². The lowest BCUT2D eigenvalue weighted by Gasteiger charge is -2.34. The SMILES string of the molecule is C=CC(C)(C=CC1=C(C)C(=O)CCC1(C)C)O[Si](C)(C)C. The summed E-state index contributed by atoms with van der Waals surface area (Å²) in [6.45, 7) is 18.8. The summed E-state index contributed by atoms with van der Waals surface area (Å²) in [5.74, 6) is 0.264. The maximum Gasteiger partial charge on any atom is 0.185 e. The van der Waals surface area contributed by atoms with Crippen LogP contribution in [0.4, 0.5) is 0 Å². The first-order valence-electron chi connectivity index (χ1n) is 7.68. The van der Waals surface area contributed by atoms with Crippen molar-refractivity contribution in [3.8, 4) is 0 Å². The van der Waals surface area contributed by atoms with E-state index in [9.17, 15) is 4.79 Å². The minimum absolute atomic E-state index is 0.0374. The van der Waals surface area contributed by atoms with Gasteiger partial charge in [0, 0.05) is 6.42 Å². The highest BCUT2D eigenvalue weighted by Crippen LogP contribution is 2.40. The lowest BCUT2D eigenvalue weighted by Crippen LogP contribution is -2.37. The zero-order chi connectivity index (χ0) is 16.5. The van der Waals surface area contributed by atoms with E-state index in [2.05, 4.69) is 52.2 Å². The monoisotopic (exact) mass is 306 g/mol. The number of carbonyl (C=O) groups excluding carboxylic acids is 1. The van der Waals surface area contributed by atoms with Crippen molar-refractivity contribution in [2.24, 2.45) is 5.41 Å². The molecule has 0 saturated heterocycles. The van der Waals surface area contributed by atoms with Crippen LogP contribution in [0.25, 0.3) is 0 Å². The van der Waals surface area contributed by atoms with Gasteiger partial charge in [0.2, 0.25) is 0 Å². The number of Topliss-reactive ketones (excluding diaryl/α,β-unsaturated/α-hetero) is 1. The maximum absolute atomic E-state index is 12.0. The molecule has 0 radical (unpaired) electrons. The lowest BCUT2D eigenvalue weighted by molar-refractivity contribution is -0.116. The second kappa shape index (κ2) is 6.05. The van der Waals surface area contributed by atoms with Gasteiger partial charge in [-0.15, -0.1) is 0 Å². The molecule has 3 heteroatoms. The first-order chi connectivity index (χ1) is 9.40. The number of carbonyl (C=O) groups is 1. The minimum atomic E-state index is -1.67. The average Bonchev–Trinajstić information content (AvgIpc) is 2.32. The van der Waals surface area contributed by atoms with Gasteiger partial charge in [0.25, 0.3) is 0 Å². The number of allylic oxidation sites excluding steroid dienone is 3. The quantitative estimate of drug-likeness (QED) is 0.525. The molecule has 0 fully saturated rings. The van der Waals surface area contributed by atoms with E-state index >= 15 is 0 Å². The molecule has 1 aliphatic carbocycles. The Bertz CT molecular complexity index is 492. The van der Waals surface area contributed by atoms with Gasteiger partial charge in [-0.2, -0.15) is 0 Å². The van der Waals surface area contributed by atoms with Gasteiger partial charge in [-0.25, -0.2) is 0 Å². The molecule has 118 valence electrons. The molecule has 1 atom stereocenters. The molecule has 0 N–H and O–H groups in total. The Balaban J connectivity index is 3.13. The van der Waals surface area contributed by atoms with Crippen LogP contribution in [0.1, 0.15) is 40.5 Å². The van der Waals surface area contributed by atoms with E-state index in [0.717, 1.165) is 17.6 Å². The van der Waals surface area contributed by atoms with Gasteiger partial charge in [-0.3, -0.25) is 4.79 Å². The van der Waals surface area contributed by atoms with E-state index in [1.165, 1.54) is 0 Å². The van der Waals surface area contributed by atoms with Gasteiger partial charge in [-0.1, -0.05) is 38.7 Å². The van der Waals surface area contributed by atoms with Crippen LogP contribution in [-0.4, -0.2) is 19.7 Å². The second-order valence-electron chi connectivity index (χ2n) is 7.78. The van der Waals surface area contributed by atoms with Gasteiger partial charge < -0.3 is 4.43 Å². The standard InChI is InChI=1S/C18H30O2Si/c1-9-18(5,20-21(6,7)8)13-10-15-14(2)16(19)11-12-17(15,3)4/h9-10,13H,1,11-12H2,2-8H3. The normalized spacial score (nSPS) is 22.5. The molecule has 0 bridgehead atoms. The summed E-state index contributed by atoms with van der Waals surface area (Å²) in [5, 5.41) is 0. The van der Waals surface area contributed by atoms with E-state index in [1.807, 2.05) is 19.9 Å². The average molecular weight is 307 g/mol. The lowest BCUT2D eigenvalue weighted by atomic mass is 9.72. The molecular formula is C18H30O2Si. The van der Waals surface area contributed by atoms with Gasteiger partial charge >= 0.3 is 0 Å². The van der Waals surface area contributed by atoms with Gasteiger partial charge in [0.05, 0.1) is 5.60 Å². The summed E-state index contributed by atoms with van der Waals surface area (Å²) in [6, 6.07) is 0. The van der Waals surface area contributed by atoms with E-state index in [0.29, 0.717) is 6.42 Å². The third-order valence-corrected chi connectivity index (χ3v) is 5.09. The molecule has 1 rings (SSSR count). The Morgan fingerprint density at radius 2 is 1.90 bits per heavy atom. The number of hydrogen-bond acceptors (Lipinski definition) is 2. The van der Waals surface area contributed by atoms with Crippen LogP contribution in [0.5, 0.6) is 0 Å². The highest BCUT2D eigenvalue weighted by atomic mass is 28.4. The Hall–Kier alpha value is -0.933. The minimum Gasteiger partial charge on any atom is -0.406 e. The second-order valence-corrected chi connectivity index (χ2v) is 12.2. The van der Waals surface area contributed by atoms with E-state index in [4.69, 9.17) is 4.43 Å². The van der Waals surface area contributed by atoms with Crippen LogP contribution in [0.3, 0.4) is 0 Å². The van der Waals surface area contributed by atoms with Crippen LogP contribution >= 0.6 is 0 Å². The number of hydrogen-bond donors (Lipinski definition) is 0. The number of ketones is 1. The van der Waals surface area contributed by atoms with E-state index in [-0.39, 0.29) is 11.2 Å². The van der Waals surface area contributed by atoms with E-state index < -0.39 is 13.9 Å². The molecule has 0 aromatic rings. The zero-order valence-electron chi connectivity index (χ0n) is 14.7. The molecule has 0 aromatic heterocycles. The molecule has 0 saturated carbocycles. The fourth-order valence-electron chi connectivity index (χ4n) is 2.81. The van der Waals surface area contributed by atoms with Crippen molar-refractivity contribution in [3.05, 3.63) is 36.0 Å². The molecule has 0 aliphatic heterocycles. The number of rotatable bonds is 5. The van der Waals surface area contributed by atoms with Gasteiger partial charge in [0.15, 0.2) is 14.1 Å². The Kier molecular flexibility index (Phi) is 5.22. The van der Waals surface area contributed by atoms with Crippen molar-refractivity contribution in [2.75, 3.05) is 0 Å². The fraction of sp³-hybridized carbons (Fsp3) is 0.611. The van der Waals surface area contributed by atoms with Crippen LogP contribution in [0, 0.1) is 5.41 Å². The van der Waals surface area contributed by atoms with Gasteiger partial charge in [0.1, 0.15) is 0 Å². The highest BCUT2D eigenvalue weighted by Gasteiger charge is 2.32. The molecule has 1 aliphatic rings. The molecule has 1 unspecified atom stereocenters. The van der Waals surface area contributed by atoms with E-state index in [1.54, 1.807) is 0 Å². The first-order valence-corrected chi connectivity index (χ1v) is 11.1. The smallest absolute Gasteiger partial charge is 0.185 e. The molecule has 0 amide bonds. The topological polar surface area (TPSA) is 26.3 Å². The summed E-state index contributed by atoms with van der Waals surface area (Å²) in [6.07, 6.45) is 7.53. The third kappa shape index (κ3) is 4.79. The summed E-state index contributed by atoms with van der Waals surface area (Å²) in [4.78, 5) is 12.0. The van der Waals surface area contributed by atoms with Crippen LogP contribution in [-0.2, 0) is 9.22 Å². The Labute approximate surface area is 131 Å². The molecular weight excluding hydrogens is 276 g/mol. The van der Waals surface area contributed by atoms with Crippen molar-refractivity contribution in [3.63, 3.8) is 0 Å². The predicted molar refractivity (Wildman–Crippen MR) is 92.9 cm³/mol. The van der Waals surface area contributed by atoms with Crippen molar-refractivity contribution in [2.45, 2.75) is 65.8 Å². The molecule has 0 heterocycles. The zero-order valence-corrected chi connectivity index (χ0v) is 15.7. The van der Waals surface area contributed by atoms with Crippen molar-refractivity contribution < 1.29 is 9.22 Å². The highest BCUT2D eigenvalue weighted by molar-refractivity contribution is 6.69. The maximum atomic E-state index is 12.0. The summed E-state index contributed by atoms with van der Waals surface area (Å²) < 4.78 is 6.22. The first kappa shape index (κ1) is 18.1. The largest absolute Gasteiger partial charge is 0.406 e. The Morgan fingerprint density at radius 1 is 1.33 bits per heavy atom. The molecule has 2 nitrogen and oxygen atoms in total. The van der Waals surface area contributed by atoms with Crippen LogP contribution < -0.4 is 0 Å². The third-order valence-electron chi connectivity index (χ3n) is 4.04. The molecule has 21 heavy (non-hydrogen) atoms. The van der Waals surface area contributed by atoms with Crippen LogP contribution in [0.2, 0.25) is 19.6 Å².